The van der Waals surface area contributed by atoms with Gasteiger partial charge in [-0.2, -0.15) is 0 Å². The molecule has 2 aromatic carbocycles. The number of carbonyl (C=O) groups is 3. The van der Waals surface area contributed by atoms with Crippen LogP contribution in [0.1, 0.15) is 44.1 Å². The molecule has 0 bridgehead atoms. The molecule has 2 aromatic rings. The molecule has 0 spiro atoms. The van der Waals surface area contributed by atoms with Crippen LogP contribution in [0.3, 0.4) is 0 Å². The topological polar surface area (TPSA) is 70.2 Å². The molecule has 0 aliphatic carbocycles. The van der Waals surface area contributed by atoms with E-state index in [1.54, 1.807) is 21.9 Å². The lowest BCUT2D eigenvalue weighted by molar-refractivity contribution is -0.141. The molecular weight excluding hydrogens is 490 g/mol. The summed E-state index contributed by atoms with van der Waals surface area (Å²) in [4.78, 5) is 43.9. The molecule has 0 N–H and O–H groups in total. The normalized spacial score (nSPS) is 19.7. The maximum Gasteiger partial charge on any atom is 0.224 e. The van der Waals surface area contributed by atoms with Gasteiger partial charge in [-0.15, -0.1) is 0 Å². The zero-order chi connectivity index (χ0) is 26.3. The molecule has 1 atom stereocenters. The Bertz CT molecular complexity index is 1100. The number of hydrogen-bond donors (Lipinski definition) is 0. The minimum absolute atomic E-state index is 0.0236. The fraction of sp³-hybridized carbons (Fsp3) is 0.483. The summed E-state index contributed by atoms with van der Waals surface area (Å²) in [7, 11) is 1.82. The van der Waals surface area contributed by atoms with Crippen molar-refractivity contribution in [2.24, 2.45) is 5.41 Å². The number of likely N-dealkylation sites (tertiary alicyclic amines) is 2. The standard InChI is InChI=1S/C29H36ClN3O4/c1-31(20-23-8-3-2-4-9-23)28(36)19-29(22-37-25-11-5-10-24(30)18-25)14-7-16-33(21-29)27(35)13-17-32-15-6-12-26(32)34/h2-5,8-11,18H,6-7,12-17,19-22H2,1H3/t29-/m1/s1. The Labute approximate surface area is 224 Å². The lowest BCUT2D eigenvalue weighted by Gasteiger charge is -2.43. The molecule has 2 heterocycles. The monoisotopic (exact) mass is 525 g/mol. The quantitative estimate of drug-likeness (QED) is 0.461. The summed E-state index contributed by atoms with van der Waals surface area (Å²) in [5, 5.41) is 0.585. The predicted molar refractivity (Wildman–Crippen MR) is 143 cm³/mol. The highest BCUT2D eigenvalue weighted by Crippen LogP contribution is 2.36. The highest BCUT2D eigenvalue weighted by atomic mass is 35.5. The summed E-state index contributed by atoms with van der Waals surface area (Å²) in [5.74, 6) is 0.822. The smallest absolute Gasteiger partial charge is 0.224 e. The average Bonchev–Trinajstić information content (AvgIpc) is 3.31. The number of hydrogen-bond acceptors (Lipinski definition) is 4. The van der Waals surface area contributed by atoms with Gasteiger partial charge in [-0.25, -0.2) is 0 Å². The Morgan fingerprint density at radius 3 is 2.62 bits per heavy atom. The van der Waals surface area contributed by atoms with E-state index in [0.717, 1.165) is 31.4 Å². The minimum Gasteiger partial charge on any atom is -0.493 e. The van der Waals surface area contributed by atoms with Crippen molar-refractivity contribution in [3.05, 3.63) is 65.2 Å². The molecule has 2 fully saturated rings. The number of piperidine rings is 1. The summed E-state index contributed by atoms with van der Waals surface area (Å²) in [6.45, 7) is 3.12. The van der Waals surface area contributed by atoms with Crippen molar-refractivity contribution in [2.75, 3.05) is 39.8 Å². The molecule has 198 valence electrons. The molecule has 3 amide bonds. The summed E-state index contributed by atoms with van der Waals surface area (Å²) < 4.78 is 6.17. The number of nitrogens with zero attached hydrogens (tertiary/aromatic N) is 3. The van der Waals surface area contributed by atoms with Crippen LogP contribution in [-0.4, -0.2) is 72.3 Å². The van der Waals surface area contributed by atoms with Gasteiger partial charge < -0.3 is 19.4 Å². The first-order valence-corrected chi connectivity index (χ1v) is 13.4. The SMILES string of the molecule is CN(Cc1ccccc1)C(=O)C[C@]1(COc2cccc(Cl)c2)CCCN(C(=O)CCN2CCCC2=O)C1. The number of ether oxygens (including phenoxy) is 1. The van der Waals surface area contributed by atoms with Crippen LogP contribution in [0.15, 0.2) is 54.6 Å². The molecule has 0 saturated carbocycles. The second-order valence-corrected chi connectivity index (χ2v) is 10.7. The van der Waals surface area contributed by atoms with Gasteiger partial charge in [0.05, 0.1) is 6.61 Å². The second-order valence-electron chi connectivity index (χ2n) is 10.3. The molecule has 0 unspecified atom stereocenters. The lowest BCUT2D eigenvalue weighted by Crippen LogP contribution is -2.51. The summed E-state index contributed by atoms with van der Waals surface area (Å²) in [6.07, 6.45) is 3.60. The fourth-order valence-electron chi connectivity index (χ4n) is 5.26. The molecule has 37 heavy (non-hydrogen) atoms. The van der Waals surface area contributed by atoms with Crippen molar-refractivity contribution < 1.29 is 19.1 Å². The van der Waals surface area contributed by atoms with Crippen molar-refractivity contribution in [1.82, 2.24) is 14.7 Å². The first-order valence-electron chi connectivity index (χ1n) is 13.1. The van der Waals surface area contributed by atoms with Gasteiger partial charge in [0.1, 0.15) is 5.75 Å². The van der Waals surface area contributed by atoms with Crippen LogP contribution in [0.2, 0.25) is 5.02 Å². The minimum atomic E-state index is -0.512. The molecule has 2 aliphatic heterocycles. The first-order chi connectivity index (χ1) is 17.8. The van der Waals surface area contributed by atoms with Crippen molar-refractivity contribution in [3.63, 3.8) is 0 Å². The zero-order valence-corrected chi connectivity index (χ0v) is 22.3. The summed E-state index contributed by atoms with van der Waals surface area (Å²) in [6, 6.07) is 17.1. The number of benzene rings is 2. The fourth-order valence-corrected chi connectivity index (χ4v) is 5.44. The first kappa shape index (κ1) is 27.0. The van der Waals surface area contributed by atoms with Gasteiger partial charge in [-0.3, -0.25) is 14.4 Å². The van der Waals surface area contributed by atoms with Crippen LogP contribution in [0.5, 0.6) is 5.75 Å². The van der Waals surface area contributed by atoms with Gasteiger partial charge in [0.25, 0.3) is 0 Å². The van der Waals surface area contributed by atoms with Crippen molar-refractivity contribution in [2.45, 2.75) is 45.1 Å². The highest BCUT2D eigenvalue weighted by Gasteiger charge is 2.40. The maximum atomic E-state index is 13.4. The highest BCUT2D eigenvalue weighted by molar-refractivity contribution is 6.30. The van der Waals surface area contributed by atoms with Crippen LogP contribution < -0.4 is 4.74 Å². The maximum absolute atomic E-state index is 13.4. The number of rotatable bonds is 10. The van der Waals surface area contributed by atoms with E-state index in [2.05, 4.69) is 0 Å². The Morgan fingerprint density at radius 2 is 1.89 bits per heavy atom. The largest absolute Gasteiger partial charge is 0.493 e. The van der Waals surface area contributed by atoms with E-state index in [0.29, 0.717) is 56.4 Å². The average molecular weight is 526 g/mol. The molecule has 2 saturated heterocycles. The molecule has 4 rings (SSSR count). The second kappa shape index (κ2) is 12.5. The zero-order valence-electron chi connectivity index (χ0n) is 21.5. The molecule has 0 radical (unpaired) electrons. The Kier molecular flexibility index (Phi) is 9.09. The third-order valence-corrected chi connectivity index (χ3v) is 7.57. The van der Waals surface area contributed by atoms with E-state index in [1.165, 1.54) is 0 Å². The summed E-state index contributed by atoms with van der Waals surface area (Å²) in [5.41, 5.74) is 0.557. The molecule has 0 aromatic heterocycles. The lowest BCUT2D eigenvalue weighted by atomic mass is 9.77. The van der Waals surface area contributed by atoms with Gasteiger partial charge in [0.2, 0.25) is 17.7 Å². The van der Waals surface area contributed by atoms with E-state index in [4.69, 9.17) is 16.3 Å². The van der Waals surface area contributed by atoms with Crippen molar-refractivity contribution >= 4 is 29.3 Å². The van der Waals surface area contributed by atoms with Crippen LogP contribution in [0.25, 0.3) is 0 Å². The van der Waals surface area contributed by atoms with Crippen LogP contribution >= 0.6 is 11.6 Å². The van der Waals surface area contributed by atoms with Gasteiger partial charge in [-0.05, 0) is 43.0 Å². The van der Waals surface area contributed by atoms with Gasteiger partial charge in [-0.1, -0.05) is 48.0 Å². The van der Waals surface area contributed by atoms with Gasteiger partial charge in [0.15, 0.2) is 0 Å². The van der Waals surface area contributed by atoms with Crippen LogP contribution in [0, 0.1) is 5.41 Å². The van der Waals surface area contributed by atoms with Gasteiger partial charge in [0, 0.05) is 69.5 Å². The third kappa shape index (κ3) is 7.48. The van der Waals surface area contributed by atoms with E-state index in [-0.39, 0.29) is 24.1 Å². The predicted octanol–water partition coefficient (Wildman–Crippen LogP) is 4.39. The van der Waals surface area contributed by atoms with E-state index < -0.39 is 5.41 Å². The number of carbonyl (C=O) groups excluding carboxylic acids is 3. The molecule has 2 aliphatic rings. The van der Waals surface area contributed by atoms with Crippen molar-refractivity contribution in [3.8, 4) is 5.75 Å². The molecule has 7 nitrogen and oxygen atoms in total. The summed E-state index contributed by atoms with van der Waals surface area (Å²) >= 11 is 6.15. The molecule has 8 heteroatoms. The molecular formula is C29H36ClN3O4. The van der Waals surface area contributed by atoms with E-state index in [9.17, 15) is 14.4 Å². The van der Waals surface area contributed by atoms with Crippen molar-refractivity contribution in [1.29, 1.82) is 0 Å². The van der Waals surface area contributed by atoms with E-state index in [1.807, 2.05) is 54.4 Å². The Morgan fingerprint density at radius 1 is 1.08 bits per heavy atom. The van der Waals surface area contributed by atoms with E-state index >= 15 is 0 Å². The number of amides is 3. The van der Waals surface area contributed by atoms with Crippen LogP contribution in [-0.2, 0) is 20.9 Å². The number of halogens is 1. The Balaban J connectivity index is 1.44. The Hall–Kier alpha value is -3.06. The third-order valence-electron chi connectivity index (χ3n) is 7.34. The van der Waals surface area contributed by atoms with Gasteiger partial charge >= 0.3 is 0 Å². The van der Waals surface area contributed by atoms with Crippen LogP contribution in [0.4, 0.5) is 0 Å².